The van der Waals surface area contributed by atoms with E-state index in [4.69, 9.17) is 0 Å². The molecule has 0 nitrogen and oxygen atoms in total. The van der Waals surface area contributed by atoms with Crippen LogP contribution in [0, 0.1) is 0 Å². The monoisotopic (exact) mass is 194 g/mol. The fraction of sp³-hybridized carbons (Fsp3) is 0.333. The first-order valence-electron chi connectivity index (χ1n) is 2.53. The highest BCUT2D eigenvalue weighted by Gasteiger charge is 2.16. The predicted octanol–water partition coefficient (Wildman–Crippen LogP) is 3.67. The third-order valence-electron chi connectivity index (χ3n) is 0.372. The summed E-state index contributed by atoms with van der Waals surface area (Å²) in [7, 11) is 0. The van der Waals surface area contributed by atoms with Gasteiger partial charge in [-0.2, -0.15) is 13.2 Å². The average molecular weight is 194 g/mol. The van der Waals surface area contributed by atoms with E-state index in [9.17, 15) is 22.0 Å². The van der Waals surface area contributed by atoms with Gasteiger partial charge in [0.2, 0.25) is 5.83 Å². The first-order chi connectivity index (χ1) is 4.97. The molecule has 0 aliphatic heterocycles. The highest BCUT2D eigenvalue weighted by atomic mass is 19.3. The summed E-state index contributed by atoms with van der Waals surface area (Å²) in [5, 5.41) is 0. The third-order valence-corrected chi connectivity index (χ3v) is 0.372. The molecule has 0 radical (unpaired) electrons. The molecule has 0 unspecified atom stereocenters. The van der Waals surface area contributed by atoms with Crippen LogP contribution < -0.4 is 0 Å². The molecule has 0 heterocycles. The first kappa shape index (κ1) is 17.2. The Balaban J connectivity index is -0.000000177. The van der Waals surface area contributed by atoms with Crippen molar-refractivity contribution in [3.63, 3.8) is 0 Å². The van der Waals surface area contributed by atoms with Gasteiger partial charge in [-0.15, -0.1) is 6.58 Å². The summed E-state index contributed by atoms with van der Waals surface area (Å²) in [5.74, 6) is -2.65. The van der Waals surface area contributed by atoms with Gasteiger partial charge in [0.05, 0.1) is 0 Å². The zero-order valence-corrected chi connectivity index (χ0v) is 6.16. The number of halogens is 6. The average Bonchev–Trinajstić information content (AvgIpc) is 1.87. The van der Waals surface area contributed by atoms with Crippen LogP contribution in [0.4, 0.5) is 26.7 Å². The molecule has 0 rings (SSSR count). The van der Waals surface area contributed by atoms with Crippen LogP contribution in [0.3, 0.4) is 0 Å². The molecule has 12 heavy (non-hydrogen) atoms. The molecule has 0 aliphatic rings. The van der Waals surface area contributed by atoms with E-state index in [1.54, 1.807) is 6.08 Å². The van der Waals surface area contributed by atoms with Crippen LogP contribution in [0.5, 0.6) is 0 Å². The van der Waals surface area contributed by atoms with Crippen LogP contribution in [-0.4, -0.2) is 6.43 Å². The first-order valence-corrected chi connectivity index (χ1v) is 2.53. The Morgan fingerprint density at radius 2 is 1.50 bits per heavy atom. The van der Waals surface area contributed by atoms with Crippen LogP contribution in [0.1, 0.15) is 6.92 Å². The SMILES string of the molecule is C=CC.F.FC(F)=C(F)C(F)F. The van der Waals surface area contributed by atoms with Crippen molar-refractivity contribution < 1.29 is 26.7 Å². The second-order valence-corrected chi connectivity index (χ2v) is 1.32. The fourth-order valence-corrected chi connectivity index (χ4v) is 0.0825. The molecule has 0 saturated carbocycles. The Hall–Kier alpha value is -0.940. The lowest BCUT2D eigenvalue weighted by Gasteiger charge is -1.88. The van der Waals surface area contributed by atoms with Crippen molar-refractivity contribution in [1.29, 1.82) is 0 Å². The summed E-state index contributed by atoms with van der Waals surface area (Å²) in [6, 6.07) is 0. The summed E-state index contributed by atoms with van der Waals surface area (Å²) in [6.07, 6.45) is -4.90. The second kappa shape index (κ2) is 10.1. The van der Waals surface area contributed by atoms with Gasteiger partial charge < -0.3 is 0 Å². The van der Waals surface area contributed by atoms with E-state index in [1.807, 2.05) is 6.92 Å². The molecule has 0 N–H and O–H groups in total. The lowest BCUT2D eigenvalue weighted by atomic mass is 10.6. The van der Waals surface area contributed by atoms with Gasteiger partial charge in [-0.05, 0) is 6.92 Å². The minimum Gasteiger partial charge on any atom is -0.269 e. The molecule has 0 aromatic carbocycles. The standard InChI is InChI=1S/C3HF5.C3H6.FH/c4-1(2(5)6)3(7)8;1-3-2;/h2H;3H,1H2,2H3;1H. The summed E-state index contributed by atoms with van der Waals surface area (Å²) < 4.78 is 54.0. The highest BCUT2D eigenvalue weighted by Crippen LogP contribution is 2.16. The van der Waals surface area contributed by atoms with E-state index in [2.05, 4.69) is 6.58 Å². The molecule has 0 atom stereocenters. The largest absolute Gasteiger partial charge is 0.307 e. The fourth-order valence-electron chi connectivity index (χ4n) is 0.0825. The van der Waals surface area contributed by atoms with Gasteiger partial charge in [-0.25, -0.2) is 8.78 Å². The van der Waals surface area contributed by atoms with Crippen LogP contribution >= 0.6 is 0 Å². The topological polar surface area (TPSA) is 0 Å². The van der Waals surface area contributed by atoms with Gasteiger partial charge in [-0.3, -0.25) is 4.70 Å². The number of hydrogen-bond donors (Lipinski definition) is 0. The zero-order valence-electron chi connectivity index (χ0n) is 6.16. The molecule has 0 aromatic heterocycles. The molecular formula is C6H8F6. The molecule has 0 aromatic rings. The lowest BCUT2D eigenvalue weighted by Crippen LogP contribution is -1.90. The maximum absolute atomic E-state index is 11.0. The van der Waals surface area contributed by atoms with E-state index in [-0.39, 0.29) is 4.70 Å². The molecule has 0 fully saturated rings. The summed E-state index contributed by atoms with van der Waals surface area (Å²) in [6.45, 7) is 5.25. The molecule has 6 heteroatoms. The maximum Gasteiger partial charge on any atom is 0.307 e. The van der Waals surface area contributed by atoms with Crippen molar-refractivity contribution in [2.24, 2.45) is 0 Å². The van der Waals surface area contributed by atoms with Gasteiger partial charge in [0, 0.05) is 0 Å². The Bertz CT molecular complexity index is 135. The Labute approximate surface area is 65.7 Å². The Morgan fingerprint density at radius 3 is 1.50 bits per heavy atom. The number of hydrogen-bond acceptors (Lipinski definition) is 0. The zero-order chi connectivity index (χ0) is 9.44. The van der Waals surface area contributed by atoms with E-state index in [0.29, 0.717) is 0 Å². The van der Waals surface area contributed by atoms with Crippen LogP contribution in [0.25, 0.3) is 0 Å². The molecule has 0 saturated heterocycles. The molecule has 0 spiro atoms. The minimum atomic E-state index is -3.69. The minimum absolute atomic E-state index is 0. The van der Waals surface area contributed by atoms with Crippen LogP contribution in [0.15, 0.2) is 24.6 Å². The van der Waals surface area contributed by atoms with Gasteiger partial charge in [0.25, 0.3) is 6.43 Å². The van der Waals surface area contributed by atoms with Crippen molar-refractivity contribution in [2.75, 3.05) is 0 Å². The smallest absolute Gasteiger partial charge is 0.269 e. The molecule has 74 valence electrons. The lowest BCUT2D eigenvalue weighted by molar-refractivity contribution is 0.145. The van der Waals surface area contributed by atoms with Crippen LogP contribution in [0.2, 0.25) is 0 Å². The van der Waals surface area contributed by atoms with Crippen molar-refractivity contribution in [3.8, 4) is 0 Å². The second-order valence-electron chi connectivity index (χ2n) is 1.32. The Kier molecular flexibility index (Phi) is 14.4. The van der Waals surface area contributed by atoms with Crippen molar-refractivity contribution in [1.82, 2.24) is 0 Å². The summed E-state index contributed by atoms with van der Waals surface area (Å²) in [4.78, 5) is 0. The quantitative estimate of drug-likeness (QED) is 0.441. The van der Waals surface area contributed by atoms with Gasteiger partial charge in [-0.1, -0.05) is 6.08 Å². The maximum atomic E-state index is 11.0. The molecule has 0 aliphatic carbocycles. The van der Waals surface area contributed by atoms with Crippen molar-refractivity contribution in [3.05, 3.63) is 24.6 Å². The number of alkyl halides is 2. The number of rotatable bonds is 1. The van der Waals surface area contributed by atoms with Gasteiger partial charge in [0.1, 0.15) is 0 Å². The molecule has 0 bridgehead atoms. The third kappa shape index (κ3) is 11.8. The number of allylic oxidation sites excluding steroid dienone is 2. The van der Waals surface area contributed by atoms with Gasteiger partial charge in [0.15, 0.2) is 0 Å². The Morgan fingerprint density at radius 1 is 1.25 bits per heavy atom. The summed E-state index contributed by atoms with van der Waals surface area (Å²) in [5.41, 5.74) is 0. The summed E-state index contributed by atoms with van der Waals surface area (Å²) >= 11 is 0. The van der Waals surface area contributed by atoms with Crippen molar-refractivity contribution >= 4 is 0 Å². The van der Waals surface area contributed by atoms with E-state index < -0.39 is 18.3 Å². The molecule has 0 amide bonds. The van der Waals surface area contributed by atoms with E-state index in [0.717, 1.165) is 0 Å². The van der Waals surface area contributed by atoms with Crippen molar-refractivity contribution in [2.45, 2.75) is 13.3 Å². The van der Waals surface area contributed by atoms with E-state index in [1.165, 1.54) is 0 Å². The highest BCUT2D eigenvalue weighted by molar-refractivity contribution is 4.93. The predicted molar refractivity (Wildman–Crippen MR) is 34.7 cm³/mol. The van der Waals surface area contributed by atoms with E-state index >= 15 is 0 Å². The van der Waals surface area contributed by atoms with Gasteiger partial charge >= 0.3 is 6.08 Å². The normalized spacial score (nSPS) is 7.58. The molecular weight excluding hydrogens is 186 g/mol. The van der Waals surface area contributed by atoms with Crippen LogP contribution in [-0.2, 0) is 0 Å².